The van der Waals surface area contributed by atoms with E-state index in [-0.39, 0.29) is 17.4 Å². The molecule has 0 radical (unpaired) electrons. The summed E-state index contributed by atoms with van der Waals surface area (Å²) in [6, 6.07) is 6.99. The van der Waals surface area contributed by atoms with Crippen LogP contribution in [0, 0.1) is 5.92 Å². The van der Waals surface area contributed by atoms with Crippen molar-refractivity contribution in [3.8, 4) is 0 Å². The molecule has 0 fully saturated rings. The van der Waals surface area contributed by atoms with Crippen molar-refractivity contribution in [3.63, 3.8) is 0 Å². The third-order valence-corrected chi connectivity index (χ3v) is 4.41. The maximum atomic E-state index is 12.2. The van der Waals surface area contributed by atoms with Gasteiger partial charge in [-0.15, -0.1) is 0 Å². The van der Waals surface area contributed by atoms with Gasteiger partial charge in [-0.05, 0) is 12.1 Å². The normalized spacial score (nSPS) is 17.0. The van der Waals surface area contributed by atoms with Crippen LogP contribution >= 0.6 is 11.8 Å². The Kier molecular flexibility index (Phi) is 4.01. The first-order valence-corrected chi connectivity index (χ1v) is 7.59. The van der Waals surface area contributed by atoms with Crippen LogP contribution in [-0.4, -0.2) is 26.2 Å². The molecule has 1 N–H and O–H groups in total. The molecule has 1 atom stereocenters. The van der Waals surface area contributed by atoms with Crippen molar-refractivity contribution < 1.29 is 4.79 Å². The van der Waals surface area contributed by atoms with E-state index in [0.29, 0.717) is 24.0 Å². The van der Waals surface area contributed by atoms with Gasteiger partial charge in [-0.1, -0.05) is 17.8 Å². The average molecular weight is 302 g/mol. The molecule has 0 bridgehead atoms. The fraction of sp³-hybridized carbons (Fsp3) is 0.286. The molecule has 0 saturated heterocycles. The standard InChI is InChI=1S/C14H14N4O2S/c19-12-4-6-16-14-18(12)8-10(9-21-14)13(20)17-7-11-3-1-2-5-15-11/h1-6,10H,7-9H2,(H,17,20). The van der Waals surface area contributed by atoms with Gasteiger partial charge in [-0.3, -0.25) is 19.1 Å². The smallest absolute Gasteiger partial charge is 0.254 e. The van der Waals surface area contributed by atoms with Gasteiger partial charge in [0.25, 0.3) is 5.56 Å². The molecule has 21 heavy (non-hydrogen) atoms. The second-order valence-electron chi connectivity index (χ2n) is 4.72. The van der Waals surface area contributed by atoms with Crippen LogP contribution in [-0.2, 0) is 17.9 Å². The minimum atomic E-state index is -0.229. The largest absolute Gasteiger partial charge is 0.350 e. The average Bonchev–Trinajstić information content (AvgIpc) is 2.54. The minimum Gasteiger partial charge on any atom is -0.350 e. The van der Waals surface area contributed by atoms with Crippen LogP contribution < -0.4 is 10.9 Å². The lowest BCUT2D eigenvalue weighted by molar-refractivity contribution is -0.125. The minimum absolute atomic E-state index is 0.0606. The fourth-order valence-corrected chi connectivity index (χ4v) is 3.20. The summed E-state index contributed by atoms with van der Waals surface area (Å²) >= 11 is 1.44. The molecule has 1 unspecified atom stereocenters. The summed E-state index contributed by atoms with van der Waals surface area (Å²) in [5.41, 5.74) is 0.697. The zero-order valence-electron chi connectivity index (χ0n) is 11.2. The summed E-state index contributed by atoms with van der Waals surface area (Å²) in [7, 11) is 0. The number of amides is 1. The third-order valence-electron chi connectivity index (χ3n) is 3.26. The number of hydrogen-bond acceptors (Lipinski definition) is 5. The number of rotatable bonds is 3. The molecule has 0 saturated carbocycles. The molecule has 0 spiro atoms. The number of carbonyl (C=O) groups is 1. The predicted molar refractivity (Wildman–Crippen MR) is 78.8 cm³/mol. The first-order chi connectivity index (χ1) is 10.2. The van der Waals surface area contributed by atoms with Gasteiger partial charge in [-0.25, -0.2) is 4.98 Å². The molecule has 1 aliphatic rings. The molecule has 7 heteroatoms. The van der Waals surface area contributed by atoms with Crippen LogP contribution in [0.1, 0.15) is 5.69 Å². The van der Waals surface area contributed by atoms with Crippen LogP contribution in [0.4, 0.5) is 0 Å². The zero-order chi connectivity index (χ0) is 14.7. The van der Waals surface area contributed by atoms with Crippen molar-refractivity contribution >= 4 is 17.7 Å². The second-order valence-corrected chi connectivity index (χ2v) is 5.71. The maximum Gasteiger partial charge on any atom is 0.254 e. The highest BCUT2D eigenvalue weighted by Crippen LogP contribution is 2.24. The van der Waals surface area contributed by atoms with Crippen molar-refractivity contribution in [3.05, 3.63) is 52.7 Å². The summed E-state index contributed by atoms with van der Waals surface area (Å²) < 4.78 is 1.55. The molecule has 6 nitrogen and oxygen atoms in total. The van der Waals surface area contributed by atoms with Crippen molar-refractivity contribution in [2.45, 2.75) is 18.2 Å². The molecule has 0 aliphatic carbocycles. The fourth-order valence-electron chi connectivity index (χ4n) is 2.13. The highest BCUT2D eigenvalue weighted by atomic mass is 32.2. The quantitative estimate of drug-likeness (QED) is 0.844. The number of fused-ring (bicyclic) bond motifs is 1. The van der Waals surface area contributed by atoms with Gasteiger partial charge in [-0.2, -0.15) is 0 Å². The van der Waals surface area contributed by atoms with E-state index in [4.69, 9.17) is 0 Å². The van der Waals surface area contributed by atoms with Crippen LogP contribution in [0.25, 0.3) is 0 Å². The molecule has 3 heterocycles. The molecule has 108 valence electrons. The Labute approximate surface area is 125 Å². The lowest BCUT2D eigenvalue weighted by Gasteiger charge is -2.23. The van der Waals surface area contributed by atoms with Gasteiger partial charge in [0.2, 0.25) is 5.91 Å². The Morgan fingerprint density at radius 2 is 2.24 bits per heavy atom. The zero-order valence-corrected chi connectivity index (χ0v) is 12.0. The Hall–Kier alpha value is -2.15. The molecule has 1 aliphatic heterocycles. The van der Waals surface area contributed by atoms with Gasteiger partial charge in [0, 0.05) is 30.8 Å². The topological polar surface area (TPSA) is 76.9 Å². The van der Waals surface area contributed by atoms with Gasteiger partial charge in [0.15, 0.2) is 5.16 Å². The number of aromatic nitrogens is 3. The number of hydrogen-bond donors (Lipinski definition) is 1. The number of carbonyl (C=O) groups excluding carboxylic acids is 1. The molecular formula is C14H14N4O2S. The van der Waals surface area contributed by atoms with Gasteiger partial charge >= 0.3 is 0 Å². The van der Waals surface area contributed by atoms with E-state index in [2.05, 4.69) is 15.3 Å². The maximum absolute atomic E-state index is 12.2. The van der Waals surface area contributed by atoms with E-state index in [9.17, 15) is 9.59 Å². The van der Waals surface area contributed by atoms with Crippen LogP contribution in [0.2, 0.25) is 0 Å². The second kappa shape index (κ2) is 6.09. The Morgan fingerprint density at radius 3 is 3.05 bits per heavy atom. The number of nitrogens with one attached hydrogen (secondary N) is 1. The van der Waals surface area contributed by atoms with Gasteiger partial charge in [0.1, 0.15) is 0 Å². The van der Waals surface area contributed by atoms with E-state index < -0.39 is 0 Å². The monoisotopic (exact) mass is 302 g/mol. The molecule has 1 amide bonds. The van der Waals surface area contributed by atoms with E-state index in [1.807, 2.05) is 18.2 Å². The molecular weight excluding hydrogens is 288 g/mol. The van der Waals surface area contributed by atoms with Crippen LogP contribution in [0.3, 0.4) is 0 Å². The van der Waals surface area contributed by atoms with E-state index >= 15 is 0 Å². The third kappa shape index (κ3) is 3.13. The molecule has 3 rings (SSSR count). The van der Waals surface area contributed by atoms with E-state index in [1.165, 1.54) is 24.0 Å². The lowest BCUT2D eigenvalue weighted by Crippen LogP contribution is -2.39. The predicted octanol–water partition coefficient (Wildman–Crippen LogP) is 0.677. The van der Waals surface area contributed by atoms with Crippen molar-refractivity contribution in [1.29, 1.82) is 0 Å². The van der Waals surface area contributed by atoms with E-state index in [0.717, 1.165) is 5.69 Å². The lowest BCUT2D eigenvalue weighted by atomic mass is 10.1. The Bertz CT molecular complexity index is 702. The van der Waals surface area contributed by atoms with Crippen molar-refractivity contribution in [1.82, 2.24) is 19.9 Å². The molecule has 2 aromatic rings. The Balaban J connectivity index is 1.64. The summed E-state index contributed by atoms with van der Waals surface area (Å²) in [4.78, 5) is 32.3. The Morgan fingerprint density at radius 1 is 1.33 bits per heavy atom. The van der Waals surface area contributed by atoms with Crippen molar-refractivity contribution in [2.24, 2.45) is 5.92 Å². The van der Waals surface area contributed by atoms with Gasteiger partial charge < -0.3 is 5.32 Å². The van der Waals surface area contributed by atoms with Gasteiger partial charge in [0.05, 0.1) is 18.2 Å². The van der Waals surface area contributed by atoms with E-state index in [1.54, 1.807) is 10.8 Å². The first kappa shape index (κ1) is 13.8. The number of pyridine rings is 1. The molecule has 0 aromatic carbocycles. The highest BCUT2D eigenvalue weighted by Gasteiger charge is 2.26. The highest BCUT2D eigenvalue weighted by molar-refractivity contribution is 7.99. The van der Waals surface area contributed by atoms with Crippen molar-refractivity contribution in [2.75, 3.05) is 5.75 Å². The summed E-state index contributed by atoms with van der Waals surface area (Å²) in [5, 5.41) is 3.55. The SMILES string of the molecule is O=C(NCc1ccccn1)C1CSc2nccc(=O)n2C1. The van der Waals surface area contributed by atoms with Crippen LogP contribution in [0.5, 0.6) is 0 Å². The number of nitrogens with zero attached hydrogens (tertiary/aromatic N) is 3. The number of thioether (sulfide) groups is 1. The summed E-state index contributed by atoms with van der Waals surface area (Å²) in [5.74, 6) is 0.340. The summed E-state index contributed by atoms with van der Waals surface area (Å²) in [6.07, 6.45) is 3.20. The summed E-state index contributed by atoms with van der Waals surface area (Å²) in [6.45, 7) is 0.776. The first-order valence-electron chi connectivity index (χ1n) is 6.60. The van der Waals surface area contributed by atoms with Crippen LogP contribution in [0.15, 0.2) is 46.6 Å². The molecule has 2 aromatic heterocycles.